The van der Waals surface area contributed by atoms with E-state index in [2.05, 4.69) is 0 Å². The van der Waals surface area contributed by atoms with E-state index in [0.717, 1.165) is 5.56 Å². The van der Waals surface area contributed by atoms with Crippen LogP contribution in [0.15, 0.2) is 24.3 Å². The summed E-state index contributed by atoms with van der Waals surface area (Å²) in [4.78, 5) is 11.9. The van der Waals surface area contributed by atoms with Crippen molar-refractivity contribution < 1.29 is 18.7 Å². The Bertz CT molecular complexity index is 383. The molecular weight excluding hydrogens is 228 g/mol. The second-order valence-electron chi connectivity index (χ2n) is 3.77. The van der Waals surface area contributed by atoms with E-state index >= 15 is 0 Å². The van der Waals surface area contributed by atoms with Gasteiger partial charge in [-0.25, -0.2) is 8.78 Å². The summed E-state index contributed by atoms with van der Waals surface area (Å²) in [6.45, 7) is 1.46. The minimum absolute atomic E-state index is 0.0878. The number of carboxylic acids is 1. The summed E-state index contributed by atoms with van der Waals surface area (Å²) in [6, 6.07) is 7.10. The van der Waals surface area contributed by atoms with Crippen LogP contribution >= 0.6 is 0 Å². The number of carbonyl (C=O) groups is 1. The normalized spacial score (nSPS) is 10.6. The van der Waals surface area contributed by atoms with Crippen molar-refractivity contribution in [2.75, 3.05) is 18.0 Å². The van der Waals surface area contributed by atoms with E-state index in [-0.39, 0.29) is 13.0 Å². The van der Waals surface area contributed by atoms with E-state index in [0.29, 0.717) is 5.69 Å². The Morgan fingerprint density at radius 3 is 2.59 bits per heavy atom. The molecule has 5 heteroatoms. The fraction of sp³-hybridized carbons (Fsp3) is 0.417. The fourth-order valence-electron chi connectivity index (χ4n) is 1.63. The van der Waals surface area contributed by atoms with Crippen LogP contribution in [-0.2, 0) is 4.79 Å². The molecule has 17 heavy (non-hydrogen) atoms. The quantitative estimate of drug-likeness (QED) is 0.834. The highest BCUT2D eigenvalue weighted by molar-refractivity contribution is 5.68. The van der Waals surface area contributed by atoms with E-state index in [9.17, 15) is 13.6 Å². The summed E-state index contributed by atoms with van der Waals surface area (Å²) in [5, 5.41) is 8.60. The summed E-state index contributed by atoms with van der Waals surface area (Å²) in [7, 11) is 0. The predicted molar refractivity (Wildman–Crippen MR) is 61.6 cm³/mol. The molecule has 0 bridgehead atoms. The van der Waals surface area contributed by atoms with Gasteiger partial charge in [0.25, 0.3) is 6.43 Å². The van der Waals surface area contributed by atoms with Crippen molar-refractivity contribution in [3.8, 4) is 0 Å². The summed E-state index contributed by atoms with van der Waals surface area (Å²) in [6.07, 6.45) is -2.63. The maximum absolute atomic E-state index is 12.4. The molecule has 1 aromatic carbocycles. The minimum atomic E-state index is -2.48. The molecule has 0 saturated heterocycles. The van der Waals surface area contributed by atoms with Crippen LogP contribution in [0.4, 0.5) is 14.5 Å². The van der Waals surface area contributed by atoms with Crippen LogP contribution in [0.2, 0.25) is 0 Å². The van der Waals surface area contributed by atoms with Gasteiger partial charge in [-0.2, -0.15) is 0 Å². The van der Waals surface area contributed by atoms with Gasteiger partial charge in [-0.05, 0) is 18.6 Å². The van der Waals surface area contributed by atoms with Gasteiger partial charge in [0.1, 0.15) is 0 Å². The van der Waals surface area contributed by atoms with Crippen molar-refractivity contribution in [3.05, 3.63) is 29.8 Å². The number of alkyl halides is 2. The SMILES string of the molecule is Cc1ccccc1N(CCC(=O)O)CC(F)F. The fourth-order valence-corrected chi connectivity index (χ4v) is 1.63. The third kappa shape index (κ3) is 4.38. The Morgan fingerprint density at radius 2 is 2.06 bits per heavy atom. The second kappa shape index (κ2) is 6.18. The molecule has 0 atom stereocenters. The van der Waals surface area contributed by atoms with Gasteiger partial charge in [-0.15, -0.1) is 0 Å². The van der Waals surface area contributed by atoms with Crippen LogP contribution in [0.5, 0.6) is 0 Å². The highest BCUT2D eigenvalue weighted by atomic mass is 19.3. The first-order chi connectivity index (χ1) is 8.00. The Balaban J connectivity index is 2.82. The van der Waals surface area contributed by atoms with Gasteiger partial charge >= 0.3 is 5.97 Å². The average molecular weight is 243 g/mol. The first-order valence-corrected chi connectivity index (χ1v) is 5.31. The smallest absolute Gasteiger partial charge is 0.305 e. The number of aryl methyl sites for hydroxylation is 1. The maximum atomic E-state index is 12.4. The Hall–Kier alpha value is -1.65. The summed E-state index contributed by atoms with van der Waals surface area (Å²) >= 11 is 0. The molecule has 0 aliphatic rings. The van der Waals surface area contributed by atoms with Gasteiger partial charge in [-0.3, -0.25) is 4.79 Å². The first kappa shape index (κ1) is 13.4. The summed E-state index contributed by atoms with van der Waals surface area (Å²) in [5.41, 5.74) is 1.52. The number of rotatable bonds is 6. The van der Waals surface area contributed by atoms with Crippen molar-refractivity contribution in [1.82, 2.24) is 0 Å². The maximum Gasteiger partial charge on any atom is 0.305 e. The molecule has 0 aromatic heterocycles. The number of hydrogen-bond donors (Lipinski definition) is 1. The van der Waals surface area contributed by atoms with E-state index in [1.54, 1.807) is 12.1 Å². The van der Waals surface area contributed by atoms with Crippen molar-refractivity contribution >= 4 is 11.7 Å². The van der Waals surface area contributed by atoms with Crippen molar-refractivity contribution in [2.45, 2.75) is 19.8 Å². The molecule has 0 fully saturated rings. The molecule has 0 radical (unpaired) electrons. The van der Waals surface area contributed by atoms with Crippen molar-refractivity contribution in [3.63, 3.8) is 0 Å². The number of aliphatic carboxylic acids is 1. The van der Waals surface area contributed by atoms with Crippen LogP contribution in [-0.4, -0.2) is 30.6 Å². The number of halogens is 2. The highest BCUT2D eigenvalue weighted by Crippen LogP contribution is 2.20. The lowest BCUT2D eigenvalue weighted by Gasteiger charge is -2.25. The second-order valence-corrected chi connectivity index (χ2v) is 3.77. The Kier molecular flexibility index (Phi) is 4.87. The van der Waals surface area contributed by atoms with E-state index in [1.165, 1.54) is 4.90 Å². The lowest BCUT2D eigenvalue weighted by molar-refractivity contribution is -0.136. The zero-order chi connectivity index (χ0) is 12.8. The predicted octanol–water partition coefficient (Wildman–Crippen LogP) is 2.54. The van der Waals surface area contributed by atoms with Gasteiger partial charge in [0.05, 0.1) is 13.0 Å². The standard InChI is InChI=1S/C12H15F2NO2/c1-9-4-2-3-5-10(9)15(8-11(13)14)7-6-12(16)17/h2-5,11H,6-8H2,1H3,(H,16,17). The number of benzene rings is 1. The number of hydrogen-bond acceptors (Lipinski definition) is 2. The van der Waals surface area contributed by atoms with Crippen LogP contribution in [0.25, 0.3) is 0 Å². The zero-order valence-corrected chi connectivity index (χ0v) is 9.57. The molecule has 0 heterocycles. The Labute approximate surface area is 98.7 Å². The topological polar surface area (TPSA) is 40.5 Å². The van der Waals surface area contributed by atoms with E-state index in [4.69, 9.17) is 5.11 Å². The van der Waals surface area contributed by atoms with Crippen LogP contribution in [0, 0.1) is 6.92 Å². The monoisotopic (exact) mass is 243 g/mol. The molecule has 0 amide bonds. The largest absolute Gasteiger partial charge is 0.481 e. The first-order valence-electron chi connectivity index (χ1n) is 5.31. The molecule has 1 rings (SSSR count). The van der Waals surface area contributed by atoms with Crippen molar-refractivity contribution in [1.29, 1.82) is 0 Å². The molecule has 0 unspecified atom stereocenters. The molecule has 1 aromatic rings. The lowest BCUT2D eigenvalue weighted by Crippen LogP contribution is -2.31. The van der Waals surface area contributed by atoms with Gasteiger partial charge in [0.15, 0.2) is 0 Å². The van der Waals surface area contributed by atoms with Crippen LogP contribution < -0.4 is 4.90 Å². The Morgan fingerprint density at radius 1 is 1.41 bits per heavy atom. The molecule has 0 saturated carbocycles. The molecule has 0 aliphatic heterocycles. The van der Waals surface area contributed by atoms with Gasteiger partial charge in [0, 0.05) is 12.2 Å². The summed E-state index contributed by atoms with van der Waals surface area (Å²) < 4.78 is 24.9. The van der Waals surface area contributed by atoms with Gasteiger partial charge in [0.2, 0.25) is 0 Å². The van der Waals surface area contributed by atoms with E-state index < -0.39 is 18.9 Å². The highest BCUT2D eigenvalue weighted by Gasteiger charge is 2.15. The van der Waals surface area contributed by atoms with Crippen molar-refractivity contribution in [2.24, 2.45) is 0 Å². The average Bonchev–Trinajstić information content (AvgIpc) is 2.24. The lowest BCUT2D eigenvalue weighted by atomic mass is 10.1. The number of nitrogens with zero attached hydrogens (tertiary/aromatic N) is 1. The molecule has 3 nitrogen and oxygen atoms in total. The summed E-state index contributed by atoms with van der Waals surface area (Å²) in [5.74, 6) is -0.988. The molecule has 0 spiro atoms. The number of carboxylic acid groups (broad SMARTS) is 1. The number of anilines is 1. The third-order valence-corrected chi connectivity index (χ3v) is 2.41. The number of para-hydroxylation sites is 1. The third-order valence-electron chi connectivity index (χ3n) is 2.41. The van der Waals surface area contributed by atoms with Gasteiger partial charge in [-0.1, -0.05) is 18.2 Å². The van der Waals surface area contributed by atoms with Crippen LogP contribution in [0.1, 0.15) is 12.0 Å². The molecular formula is C12H15F2NO2. The molecule has 0 aliphatic carbocycles. The van der Waals surface area contributed by atoms with Gasteiger partial charge < -0.3 is 10.0 Å². The van der Waals surface area contributed by atoms with E-state index in [1.807, 2.05) is 19.1 Å². The molecule has 1 N–H and O–H groups in total. The minimum Gasteiger partial charge on any atom is -0.481 e. The molecule has 94 valence electrons. The zero-order valence-electron chi connectivity index (χ0n) is 9.57. The van der Waals surface area contributed by atoms with Crippen LogP contribution in [0.3, 0.4) is 0 Å².